The second-order valence-electron chi connectivity index (χ2n) is 8.64. The first-order valence-electron chi connectivity index (χ1n) is 12.3. The van der Waals surface area contributed by atoms with Crippen molar-refractivity contribution in [2.24, 2.45) is 0 Å². The highest BCUT2D eigenvalue weighted by Gasteiger charge is 2.13. The molecular formula is C30H32O4S. The second kappa shape index (κ2) is 12.4. The summed E-state index contributed by atoms with van der Waals surface area (Å²) in [4.78, 5) is 11.1. The first-order chi connectivity index (χ1) is 17.2. The third kappa shape index (κ3) is 6.64. The Bertz CT molecular complexity index is 1250. The summed E-state index contributed by atoms with van der Waals surface area (Å²) in [6.07, 6.45) is 4.82. The fraction of sp³-hybridized carbons (Fsp3) is 0.300. The first kappa shape index (κ1) is 24.8. The van der Waals surface area contributed by atoms with E-state index in [9.17, 15) is 4.79 Å². The Labute approximate surface area is 211 Å². The fourth-order valence-electron chi connectivity index (χ4n) is 4.31. The van der Waals surface area contributed by atoms with Crippen molar-refractivity contribution in [3.8, 4) is 11.5 Å². The molecule has 0 aliphatic rings. The molecule has 0 aliphatic carbocycles. The molecule has 4 nitrogen and oxygen atoms in total. The molecule has 0 saturated heterocycles. The minimum absolute atomic E-state index is 0.0405. The number of fused-ring (bicyclic) bond motifs is 1. The normalized spacial score (nSPS) is 11.0. The van der Waals surface area contributed by atoms with Crippen molar-refractivity contribution in [3.63, 3.8) is 0 Å². The van der Waals surface area contributed by atoms with Crippen LogP contribution >= 0.6 is 11.3 Å². The lowest BCUT2D eigenvalue weighted by Gasteiger charge is -2.14. The minimum atomic E-state index is -0.861. The minimum Gasteiger partial charge on any atom is -0.493 e. The van der Waals surface area contributed by atoms with Crippen LogP contribution in [0.3, 0.4) is 0 Å². The van der Waals surface area contributed by atoms with E-state index in [1.807, 2.05) is 29.5 Å². The van der Waals surface area contributed by atoms with Crippen molar-refractivity contribution < 1.29 is 19.4 Å². The van der Waals surface area contributed by atoms with E-state index in [0.717, 1.165) is 37.9 Å². The van der Waals surface area contributed by atoms with Crippen LogP contribution < -0.4 is 9.47 Å². The topological polar surface area (TPSA) is 55.8 Å². The molecule has 5 heteroatoms. The number of para-hydroxylation sites is 1. The molecule has 3 aromatic carbocycles. The number of carbonyl (C=O) groups is 1. The Morgan fingerprint density at radius 1 is 0.829 bits per heavy atom. The third-order valence-corrected chi connectivity index (χ3v) is 7.13. The molecule has 35 heavy (non-hydrogen) atoms. The average molecular weight is 489 g/mol. The van der Waals surface area contributed by atoms with Crippen molar-refractivity contribution in [3.05, 3.63) is 94.4 Å². The summed E-state index contributed by atoms with van der Waals surface area (Å²) in [7, 11) is 0. The van der Waals surface area contributed by atoms with Crippen LogP contribution in [-0.4, -0.2) is 24.3 Å². The van der Waals surface area contributed by atoms with Gasteiger partial charge in [0, 0.05) is 22.2 Å². The summed E-state index contributed by atoms with van der Waals surface area (Å²) in [6.45, 7) is 3.23. The van der Waals surface area contributed by atoms with Crippen LogP contribution in [0.4, 0.5) is 0 Å². The molecule has 0 aliphatic heterocycles. The highest BCUT2D eigenvalue weighted by molar-refractivity contribution is 7.17. The van der Waals surface area contributed by atoms with Crippen LogP contribution in [-0.2, 0) is 30.5 Å². The molecule has 1 heterocycles. The number of benzene rings is 3. The molecule has 0 fully saturated rings. The van der Waals surface area contributed by atoms with Crippen LogP contribution in [0.25, 0.3) is 10.1 Å². The van der Waals surface area contributed by atoms with Crippen molar-refractivity contribution in [2.75, 3.05) is 13.2 Å². The van der Waals surface area contributed by atoms with Crippen LogP contribution in [0.2, 0.25) is 0 Å². The molecule has 0 amide bonds. The van der Waals surface area contributed by atoms with Crippen LogP contribution in [0.15, 0.2) is 72.1 Å². The maximum atomic E-state index is 11.1. The van der Waals surface area contributed by atoms with Crippen molar-refractivity contribution >= 4 is 27.4 Å². The number of carboxylic acid groups (broad SMARTS) is 1. The molecule has 182 valence electrons. The number of rotatable bonds is 13. The van der Waals surface area contributed by atoms with E-state index < -0.39 is 5.97 Å². The number of aryl methyl sites for hydroxylation is 3. The van der Waals surface area contributed by atoms with Crippen LogP contribution in [0.5, 0.6) is 11.5 Å². The molecule has 1 N–H and O–H groups in total. The van der Waals surface area contributed by atoms with E-state index in [2.05, 4.69) is 54.8 Å². The summed E-state index contributed by atoms with van der Waals surface area (Å²) in [5.74, 6) is 0.728. The number of hydrogen-bond donors (Lipinski definition) is 1. The molecule has 0 saturated carbocycles. The number of hydrogen-bond acceptors (Lipinski definition) is 4. The van der Waals surface area contributed by atoms with Crippen LogP contribution in [0.1, 0.15) is 42.0 Å². The SMILES string of the molecule is CCCc1c(OCCCOc2ccccc2CC(=O)O)ccc2c(CCc3ccccc3)csc12. The molecule has 4 aromatic rings. The summed E-state index contributed by atoms with van der Waals surface area (Å²) >= 11 is 1.82. The van der Waals surface area contributed by atoms with Gasteiger partial charge in [-0.2, -0.15) is 0 Å². The van der Waals surface area contributed by atoms with E-state index in [-0.39, 0.29) is 6.42 Å². The van der Waals surface area contributed by atoms with Crippen molar-refractivity contribution in [1.82, 2.24) is 0 Å². The Hall–Kier alpha value is -3.31. The standard InChI is InChI=1S/C30H32O4S/c1-2-9-26-28(34-19-8-18-33-27-13-7-6-12-23(27)20-29(31)32)17-16-25-24(21-35-30(25)26)15-14-22-10-4-3-5-11-22/h3-7,10-13,16-17,21H,2,8-9,14-15,18-20H2,1H3,(H,31,32). The van der Waals surface area contributed by atoms with Gasteiger partial charge >= 0.3 is 5.97 Å². The lowest BCUT2D eigenvalue weighted by atomic mass is 10.0. The van der Waals surface area contributed by atoms with E-state index in [1.165, 1.54) is 26.8 Å². The van der Waals surface area contributed by atoms with Gasteiger partial charge in [-0.05, 0) is 59.4 Å². The number of ether oxygens (including phenoxy) is 2. The molecule has 4 rings (SSSR count). The fourth-order valence-corrected chi connectivity index (χ4v) is 5.48. The number of carboxylic acids is 1. The van der Waals surface area contributed by atoms with E-state index in [1.54, 1.807) is 6.07 Å². The molecule has 0 spiro atoms. The quantitative estimate of drug-likeness (QED) is 0.204. The largest absolute Gasteiger partial charge is 0.493 e. The van der Waals surface area contributed by atoms with Gasteiger partial charge in [-0.15, -0.1) is 11.3 Å². The van der Waals surface area contributed by atoms with Gasteiger partial charge in [-0.25, -0.2) is 0 Å². The predicted octanol–water partition coefficient (Wildman–Crippen LogP) is 7.11. The van der Waals surface area contributed by atoms with Gasteiger partial charge in [-0.3, -0.25) is 4.79 Å². The zero-order valence-electron chi connectivity index (χ0n) is 20.2. The highest BCUT2D eigenvalue weighted by atomic mass is 32.1. The Kier molecular flexibility index (Phi) is 8.79. The van der Waals surface area contributed by atoms with Crippen LogP contribution in [0, 0.1) is 0 Å². The van der Waals surface area contributed by atoms with E-state index in [4.69, 9.17) is 14.6 Å². The first-order valence-corrected chi connectivity index (χ1v) is 13.1. The molecule has 0 atom stereocenters. The van der Waals surface area contributed by atoms with Crippen molar-refractivity contribution in [1.29, 1.82) is 0 Å². The lowest BCUT2D eigenvalue weighted by Crippen LogP contribution is -2.08. The summed E-state index contributed by atoms with van der Waals surface area (Å²) < 4.78 is 13.4. The van der Waals surface area contributed by atoms with Gasteiger partial charge in [0.05, 0.1) is 19.6 Å². The molecule has 1 aromatic heterocycles. The summed E-state index contributed by atoms with van der Waals surface area (Å²) in [5.41, 5.74) is 4.77. The Morgan fingerprint density at radius 2 is 1.57 bits per heavy atom. The monoisotopic (exact) mass is 488 g/mol. The number of aliphatic carboxylic acids is 1. The second-order valence-corrected chi connectivity index (χ2v) is 9.52. The molecule has 0 radical (unpaired) electrons. The van der Waals surface area contributed by atoms with Gasteiger partial charge in [-0.1, -0.05) is 61.9 Å². The van der Waals surface area contributed by atoms with Crippen molar-refractivity contribution in [2.45, 2.75) is 45.4 Å². The molecule has 0 bridgehead atoms. The average Bonchev–Trinajstić information content (AvgIpc) is 3.28. The van der Waals surface area contributed by atoms with E-state index in [0.29, 0.717) is 24.5 Å². The molecular weight excluding hydrogens is 456 g/mol. The zero-order chi connectivity index (χ0) is 24.5. The number of thiophene rings is 1. The Balaban J connectivity index is 1.37. The van der Waals surface area contributed by atoms with Gasteiger partial charge < -0.3 is 14.6 Å². The Morgan fingerprint density at radius 3 is 2.34 bits per heavy atom. The maximum absolute atomic E-state index is 11.1. The zero-order valence-corrected chi connectivity index (χ0v) is 21.0. The molecule has 0 unspecified atom stereocenters. The van der Waals surface area contributed by atoms with Gasteiger partial charge in [0.25, 0.3) is 0 Å². The van der Waals surface area contributed by atoms with Gasteiger partial charge in [0.15, 0.2) is 0 Å². The maximum Gasteiger partial charge on any atom is 0.307 e. The smallest absolute Gasteiger partial charge is 0.307 e. The summed E-state index contributed by atoms with van der Waals surface area (Å²) in [6, 6.07) is 22.3. The van der Waals surface area contributed by atoms with Gasteiger partial charge in [0.1, 0.15) is 11.5 Å². The predicted molar refractivity (Wildman–Crippen MR) is 143 cm³/mol. The van der Waals surface area contributed by atoms with E-state index >= 15 is 0 Å². The van der Waals surface area contributed by atoms with Gasteiger partial charge in [0.2, 0.25) is 0 Å². The lowest BCUT2D eigenvalue weighted by molar-refractivity contribution is -0.136. The third-order valence-electron chi connectivity index (χ3n) is 6.03. The summed E-state index contributed by atoms with van der Waals surface area (Å²) in [5, 5.41) is 12.7. The highest BCUT2D eigenvalue weighted by Crippen LogP contribution is 2.36.